The number of hydrogen-bond acceptors (Lipinski definition) is 7. The minimum Gasteiger partial charge on any atom is -0.379 e. The van der Waals surface area contributed by atoms with Crippen LogP contribution in [0.5, 0.6) is 0 Å². The van der Waals surface area contributed by atoms with Crippen LogP contribution in [0.25, 0.3) is 11.6 Å². The van der Waals surface area contributed by atoms with E-state index < -0.39 is 0 Å². The van der Waals surface area contributed by atoms with Crippen LogP contribution in [0.3, 0.4) is 0 Å². The lowest BCUT2D eigenvalue weighted by Crippen LogP contribution is -2.34. The van der Waals surface area contributed by atoms with Crippen molar-refractivity contribution in [3.63, 3.8) is 0 Å². The van der Waals surface area contributed by atoms with Crippen LogP contribution < -0.4 is 5.32 Å². The summed E-state index contributed by atoms with van der Waals surface area (Å²) in [6.45, 7) is 4.35. The highest BCUT2D eigenvalue weighted by molar-refractivity contribution is 5.40. The molecule has 2 aromatic heterocycles. The average Bonchev–Trinajstić information content (AvgIpc) is 3.14. The molecule has 1 aliphatic rings. The molecule has 7 heteroatoms. The fourth-order valence-electron chi connectivity index (χ4n) is 2.22. The smallest absolute Gasteiger partial charge is 0.240 e. The number of nitrogens with one attached hydrogen (secondary N) is 1. The number of hydrogen-bond donors (Lipinski definition) is 1. The topological polar surface area (TPSA) is 86.0 Å². The third-order valence-corrected chi connectivity index (χ3v) is 3.26. The Balaban J connectivity index is 1.76. The third-order valence-electron chi connectivity index (χ3n) is 3.26. The monoisotopic (exact) mass is 275 g/mol. The Bertz CT molecular complexity index is 545. The molecular weight excluding hydrogens is 258 g/mol. The minimum atomic E-state index is 0.0894. The van der Waals surface area contributed by atoms with Crippen LogP contribution in [0.4, 0.5) is 0 Å². The van der Waals surface area contributed by atoms with Crippen molar-refractivity contribution in [3.05, 3.63) is 24.4 Å². The molecule has 3 rings (SSSR count). The van der Waals surface area contributed by atoms with Crippen molar-refractivity contribution in [3.8, 4) is 11.6 Å². The molecule has 2 aromatic rings. The van der Waals surface area contributed by atoms with Crippen molar-refractivity contribution in [1.29, 1.82) is 0 Å². The maximum atomic E-state index is 5.51. The first-order valence-electron chi connectivity index (χ1n) is 6.80. The summed E-state index contributed by atoms with van der Waals surface area (Å²) in [5, 5.41) is 7.40. The second-order valence-electron chi connectivity index (χ2n) is 4.73. The zero-order chi connectivity index (χ0) is 13.8. The molecule has 20 heavy (non-hydrogen) atoms. The molecule has 106 valence electrons. The van der Waals surface area contributed by atoms with Crippen molar-refractivity contribution in [1.82, 2.24) is 25.4 Å². The number of nitrogens with zero attached hydrogens (tertiary/aromatic N) is 4. The van der Waals surface area contributed by atoms with E-state index in [1.54, 1.807) is 18.5 Å². The van der Waals surface area contributed by atoms with E-state index in [-0.39, 0.29) is 12.0 Å². The maximum absolute atomic E-state index is 5.51. The van der Waals surface area contributed by atoms with E-state index in [0.717, 1.165) is 13.0 Å². The van der Waals surface area contributed by atoms with E-state index in [4.69, 9.17) is 9.26 Å². The quantitative estimate of drug-likeness (QED) is 0.871. The van der Waals surface area contributed by atoms with Crippen molar-refractivity contribution in [2.45, 2.75) is 25.3 Å². The van der Waals surface area contributed by atoms with Gasteiger partial charge >= 0.3 is 0 Å². The van der Waals surface area contributed by atoms with Gasteiger partial charge in [-0.05, 0) is 19.0 Å². The minimum absolute atomic E-state index is 0.0894. The SMILES string of the molecule is CCCNC1COCC1c1nc(-c2ncccn2)no1. The van der Waals surface area contributed by atoms with Crippen molar-refractivity contribution < 1.29 is 9.26 Å². The zero-order valence-electron chi connectivity index (χ0n) is 11.3. The average molecular weight is 275 g/mol. The lowest BCUT2D eigenvalue weighted by Gasteiger charge is -2.14. The molecule has 2 unspecified atom stereocenters. The van der Waals surface area contributed by atoms with Crippen molar-refractivity contribution in [2.75, 3.05) is 19.8 Å². The highest BCUT2D eigenvalue weighted by Crippen LogP contribution is 2.25. The van der Waals surface area contributed by atoms with Gasteiger partial charge in [0.25, 0.3) is 0 Å². The summed E-state index contributed by atoms with van der Waals surface area (Å²) in [6.07, 6.45) is 4.39. The van der Waals surface area contributed by atoms with Crippen LogP contribution in [-0.4, -0.2) is 45.9 Å². The van der Waals surface area contributed by atoms with Gasteiger partial charge in [-0.25, -0.2) is 9.97 Å². The van der Waals surface area contributed by atoms with E-state index in [9.17, 15) is 0 Å². The van der Waals surface area contributed by atoms with E-state index in [1.165, 1.54) is 0 Å². The summed E-state index contributed by atoms with van der Waals surface area (Å²) < 4.78 is 10.9. The summed E-state index contributed by atoms with van der Waals surface area (Å²) in [6, 6.07) is 1.97. The van der Waals surface area contributed by atoms with Crippen LogP contribution in [-0.2, 0) is 4.74 Å². The summed E-state index contributed by atoms with van der Waals surface area (Å²) in [5.74, 6) is 1.56. The first-order chi connectivity index (χ1) is 9.88. The molecule has 0 saturated carbocycles. The van der Waals surface area contributed by atoms with Crippen LogP contribution in [0, 0.1) is 0 Å². The number of rotatable bonds is 5. The first kappa shape index (κ1) is 13.1. The summed E-state index contributed by atoms with van der Waals surface area (Å²) in [4.78, 5) is 12.6. The lowest BCUT2D eigenvalue weighted by atomic mass is 10.0. The largest absolute Gasteiger partial charge is 0.379 e. The first-order valence-corrected chi connectivity index (χ1v) is 6.80. The molecule has 0 radical (unpaired) electrons. The van der Waals surface area contributed by atoms with Gasteiger partial charge in [0.15, 0.2) is 0 Å². The van der Waals surface area contributed by atoms with Gasteiger partial charge in [-0.1, -0.05) is 12.1 Å². The molecule has 0 spiro atoms. The van der Waals surface area contributed by atoms with Gasteiger partial charge in [-0.2, -0.15) is 4.98 Å². The predicted molar refractivity (Wildman–Crippen MR) is 71.0 cm³/mol. The van der Waals surface area contributed by atoms with Gasteiger partial charge in [0, 0.05) is 18.4 Å². The number of aromatic nitrogens is 4. The lowest BCUT2D eigenvalue weighted by molar-refractivity contribution is 0.184. The molecule has 1 aliphatic heterocycles. The van der Waals surface area contributed by atoms with Crippen molar-refractivity contribution >= 4 is 0 Å². The molecular formula is C13H17N5O2. The van der Waals surface area contributed by atoms with E-state index in [0.29, 0.717) is 30.8 Å². The van der Waals surface area contributed by atoms with E-state index in [2.05, 4.69) is 32.3 Å². The molecule has 3 heterocycles. The molecule has 1 fully saturated rings. The highest BCUT2D eigenvalue weighted by atomic mass is 16.5. The highest BCUT2D eigenvalue weighted by Gasteiger charge is 2.33. The molecule has 0 aromatic carbocycles. The number of ether oxygens (including phenoxy) is 1. The Morgan fingerprint density at radius 2 is 2.10 bits per heavy atom. The molecule has 0 bridgehead atoms. The van der Waals surface area contributed by atoms with Gasteiger partial charge in [-0.15, -0.1) is 0 Å². The maximum Gasteiger partial charge on any atom is 0.240 e. The Morgan fingerprint density at radius 1 is 1.25 bits per heavy atom. The standard InChI is InChI=1S/C13H17N5O2/c1-2-4-14-10-8-19-7-9(10)13-17-12(18-20-13)11-15-5-3-6-16-11/h3,5-6,9-10,14H,2,4,7-8H2,1H3. The van der Waals surface area contributed by atoms with Crippen LogP contribution in [0.1, 0.15) is 25.2 Å². The Morgan fingerprint density at radius 3 is 2.90 bits per heavy atom. The molecule has 2 atom stereocenters. The fraction of sp³-hybridized carbons (Fsp3) is 0.538. The Kier molecular flexibility index (Phi) is 3.98. The van der Waals surface area contributed by atoms with Crippen molar-refractivity contribution in [2.24, 2.45) is 0 Å². The Hall–Kier alpha value is -1.86. The summed E-state index contributed by atoms with van der Waals surface area (Å²) in [5.41, 5.74) is 0. The van der Waals surface area contributed by atoms with E-state index in [1.807, 2.05) is 0 Å². The third kappa shape index (κ3) is 2.68. The van der Waals surface area contributed by atoms with Crippen LogP contribution >= 0.6 is 0 Å². The second-order valence-corrected chi connectivity index (χ2v) is 4.73. The fourth-order valence-corrected chi connectivity index (χ4v) is 2.22. The summed E-state index contributed by atoms with van der Waals surface area (Å²) >= 11 is 0. The van der Waals surface area contributed by atoms with Crippen LogP contribution in [0.2, 0.25) is 0 Å². The molecule has 1 saturated heterocycles. The van der Waals surface area contributed by atoms with E-state index >= 15 is 0 Å². The van der Waals surface area contributed by atoms with Gasteiger partial charge in [0.2, 0.25) is 17.5 Å². The Labute approximate surface area is 116 Å². The van der Waals surface area contributed by atoms with Gasteiger partial charge in [0.05, 0.1) is 19.1 Å². The van der Waals surface area contributed by atoms with Gasteiger partial charge in [0.1, 0.15) is 0 Å². The molecule has 0 amide bonds. The van der Waals surface area contributed by atoms with Crippen LogP contribution in [0.15, 0.2) is 23.0 Å². The normalized spacial score (nSPS) is 22.2. The van der Waals surface area contributed by atoms with Gasteiger partial charge < -0.3 is 14.6 Å². The molecule has 0 aliphatic carbocycles. The van der Waals surface area contributed by atoms with Gasteiger partial charge in [-0.3, -0.25) is 0 Å². The summed E-state index contributed by atoms with van der Waals surface area (Å²) in [7, 11) is 0. The zero-order valence-corrected chi connectivity index (χ0v) is 11.3. The predicted octanol–water partition coefficient (Wildman–Crippen LogP) is 1.01. The molecule has 7 nitrogen and oxygen atoms in total. The second kappa shape index (κ2) is 6.06. The molecule has 1 N–H and O–H groups in total.